The van der Waals surface area contributed by atoms with E-state index in [2.05, 4.69) is 35.6 Å². The number of nitrogens with zero attached hydrogens (tertiary/aromatic N) is 2. The van der Waals surface area contributed by atoms with Crippen molar-refractivity contribution in [1.82, 2.24) is 14.9 Å². The van der Waals surface area contributed by atoms with Crippen LogP contribution in [0.3, 0.4) is 0 Å². The predicted octanol–water partition coefficient (Wildman–Crippen LogP) is 2.33. The van der Waals surface area contributed by atoms with Crippen LogP contribution in [0.5, 0.6) is 0 Å². The average Bonchev–Trinajstić information content (AvgIpc) is 2.67. The minimum absolute atomic E-state index is 0.499. The number of nitrogens with one attached hydrogen (secondary N) is 1. The van der Waals surface area contributed by atoms with Crippen LogP contribution in [0.15, 0.2) is 12.4 Å². The van der Waals surface area contributed by atoms with Crippen molar-refractivity contribution < 1.29 is 0 Å². The molecular weight excluding hydrogens is 198 g/mol. The van der Waals surface area contributed by atoms with Crippen molar-refractivity contribution in [1.29, 1.82) is 0 Å². The first-order valence-electron chi connectivity index (χ1n) is 6.17. The van der Waals surface area contributed by atoms with E-state index in [1.54, 1.807) is 0 Å². The molecule has 1 heterocycles. The average molecular weight is 221 g/mol. The Morgan fingerprint density at radius 1 is 1.50 bits per heavy atom. The highest BCUT2D eigenvalue weighted by atomic mass is 15.1. The first kappa shape index (κ1) is 11.6. The van der Waals surface area contributed by atoms with Gasteiger partial charge in [-0.3, -0.25) is 0 Å². The van der Waals surface area contributed by atoms with E-state index in [4.69, 9.17) is 0 Å². The standard InChI is InChI=1S/C13H23N3/c1-10-7-13(2,3)8-11(10)15-9-12-14-5-6-16(12)4/h5-6,10-11,15H,7-9H2,1-4H3. The van der Waals surface area contributed by atoms with Gasteiger partial charge in [-0.2, -0.15) is 0 Å². The van der Waals surface area contributed by atoms with E-state index in [1.165, 1.54) is 12.8 Å². The molecule has 0 aromatic carbocycles. The minimum Gasteiger partial charge on any atom is -0.337 e. The van der Waals surface area contributed by atoms with Crippen LogP contribution < -0.4 is 5.32 Å². The molecule has 1 aliphatic rings. The Morgan fingerprint density at radius 3 is 2.75 bits per heavy atom. The van der Waals surface area contributed by atoms with Crippen molar-refractivity contribution in [2.24, 2.45) is 18.4 Å². The van der Waals surface area contributed by atoms with Crippen molar-refractivity contribution in [3.05, 3.63) is 18.2 Å². The Labute approximate surface area is 98.3 Å². The maximum Gasteiger partial charge on any atom is 0.122 e. The molecule has 3 heteroatoms. The fourth-order valence-electron chi connectivity index (χ4n) is 2.96. The molecule has 1 saturated carbocycles. The molecule has 0 amide bonds. The van der Waals surface area contributed by atoms with Gasteiger partial charge in [0.15, 0.2) is 0 Å². The van der Waals surface area contributed by atoms with Crippen molar-refractivity contribution in [2.75, 3.05) is 0 Å². The lowest BCUT2D eigenvalue weighted by atomic mass is 9.91. The van der Waals surface area contributed by atoms with E-state index in [1.807, 2.05) is 19.4 Å². The molecule has 1 fully saturated rings. The smallest absolute Gasteiger partial charge is 0.122 e. The van der Waals surface area contributed by atoms with Gasteiger partial charge >= 0.3 is 0 Å². The monoisotopic (exact) mass is 221 g/mol. The highest BCUT2D eigenvalue weighted by Crippen LogP contribution is 2.40. The number of imidazole rings is 1. The lowest BCUT2D eigenvalue weighted by Crippen LogP contribution is -2.31. The van der Waals surface area contributed by atoms with Gasteiger partial charge in [0.2, 0.25) is 0 Å². The number of hydrogen-bond donors (Lipinski definition) is 1. The molecular formula is C13H23N3. The summed E-state index contributed by atoms with van der Waals surface area (Å²) in [7, 11) is 2.05. The van der Waals surface area contributed by atoms with Crippen LogP contribution in [-0.4, -0.2) is 15.6 Å². The molecule has 1 aromatic rings. The second-order valence-electron chi connectivity index (χ2n) is 5.99. The maximum absolute atomic E-state index is 4.34. The number of aryl methyl sites for hydroxylation is 1. The molecule has 0 spiro atoms. The molecule has 2 unspecified atom stereocenters. The number of aromatic nitrogens is 2. The summed E-state index contributed by atoms with van der Waals surface area (Å²) in [5.41, 5.74) is 0.499. The van der Waals surface area contributed by atoms with E-state index in [0.717, 1.165) is 18.3 Å². The summed E-state index contributed by atoms with van der Waals surface area (Å²) in [6, 6.07) is 0.645. The summed E-state index contributed by atoms with van der Waals surface area (Å²) >= 11 is 0. The van der Waals surface area contributed by atoms with Gasteiger partial charge in [0.1, 0.15) is 5.82 Å². The third-order valence-corrected chi connectivity index (χ3v) is 3.78. The topological polar surface area (TPSA) is 29.9 Å². The molecule has 0 bridgehead atoms. The fraction of sp³-hybridized carbons (Fsp3) is 0.769. The summed E-state index contributed by atoms with van der Waals surface area (Å²) in [6.45, 7) is 7.97. The second-order valence-corrected chi connectivity index (χ2v) is 5.99. The number of rotatable bonds is 3. The van der Waals surface area contributed by atoms with Crippen LogP contribution in [0.1, 0.15) is 39.4 Å². The predicted molar refractivity (Wildman–Crippen MR) is 66.0 cm³/mol. The summed E-state index contributed by atoms with van der Waals surface area (Å²) < 4.78 is 2.08. The molecule has 1 N–H and O–H groups in total. The van der Waals surface area contributed by atoms with E-state index >= 15 is 0 Å². The van der Waals surface area contributed by atoms with Crippen LogP contribution in [0.4, 0.5) is 0 Å². The lowest BCUT2D eigenvalue weighted by molar-refractivity contribution is 0.361. The Hall–Kier alpha value is -0.830. The first-order chi connectivity index (χ1) is 7.48. The Balaban J connectivity index is 1.90. The summed E-state index contributed by atoms with van der Waals surface area (Å²) in [5, 5.41) is 3.65. The third-order valence-electron chi connectivity index (χ3n) is 3.78. The molecule has 0 radical (unpaired) electrons. The van der Waals surface area contributed by atoms with Gasteiger partial charge in [-0.15, -0.1) is 0 Å². The molecule has 1 aromatic heterocycles. The molecule has 2 rings (SSSR count). The summed E-state index contributed by atoms with van der Waals surface area (Å²) in [5.74, 6) is 1.90. The zero-order chi connectivity index (χ0) is 11.8. The normalized spacial score (nSPS) is 28.5. The largest absolute Gasteiger partial charge is 0.337 e. The van der Waals surface area contributed by atoms with Crippen molar-refractivity contribution in [3.63, 3.8) is 0 Å². The Morgan fingerprint density at radius 2 is 2.25 bits per heavy atom. The van der Waals surface area contributed by atoms with Gasteiger partial charge in [0, 0.05) is 25.5 Å². The van der Waals surface area contributed by atoms with Gasteiger partial charge in [-0.05, 0) is 24.2 Å². The van der Waals surface area contributed by atoms with Crippen molar-refractivity contribution in [3.8, 4) is 0 Å². The van der Waals surface area contributed by atoms with Gasteiger partial charge in [0.05, 0.1) is 6.54 Å². The molecule has 16 heavy (non-hydrogen) atoms. The molecule has 1 aliphatic carbocycles. The summed E-state index contributed by atoms with van der Waals surface area (Å²) in [4.78, 5) is 4.34. The van der Waals surface area contributed by atoms with E-state index in [-0.39, 0.29) is 0 Å². The lowest BCUT2D eigenvalue weighted by Gasteiger charge is -2.18. The second kappa shape index (κ2) is 4.21. The zero-order valence-corrected chi connectivity index (χ0v) is 10.8. The zero-order valence-electron chi connectivity index (χ0n) is 10.8. The van der Waals surface area contributed by atoms with Gasteiger partial charge in [-0.1, -0.05) is 20.8 Å². The van der Waals surface area contributed by atoms with E-state index < -0.39 is 0 Å². The van der Waals surface area contributed by atoms with E-state index in [9.17, 15) is 0 Å². The van der Waals surface area contributed by atoms with Crippen LogP contribution in [-0.2, 0) is 13.6 Å². The van der Waals surface area contributed by atoms with Crippen molar-refractivity contribution >= 4 is 0 Å². The van der Waals surface area contributed by atoms with Crippen LogP contribution in [0.25, 0.3) is 0 Å². The molecule has 2 atom stereocenters. The van der Waals surface area contributed by atoms with Crippen LogP contribution in [0, 0.1) is 11.3 Å². The van der Waals surface area contributed by atoms with Crippen LogP contribution >= 0.6 is 0 Å². The van der Waals surface area contributed by atoms with Gasteiger partial charge < -0.3 is 9.88 Å². The number of hydrogen-bond acceptors (Lipinski definition) is 2. The quantitative estimate of drug-likeness (QED) is 0.849. The Kier molecular flexibility index (Phi) is 3.06. The van der Waals surface area contributed by atoms with Gasteiger partial charge in [0.25, 0.3) is 0 Å². The highest BCUT2D eigenvalue weighted by Gasteiger charge is 2.36. The summed E-state index contributed by atoms with van der Waals surface area (Å²) in [6.07, 6.45) is 6.46. The first-order valence-corrected chi connectivity index (χ1v) is 6.17. The van der Waals surface area contributed by atoms with E-state index in [0.29, 0.717) is 11.5 Å². The Bertz CT molecular complexity index is 354. The SMILES string of the molecule is CC1CC(C)(C)CC1NCc1nccn1C. The molecule has 3 nitrogen and oxygen atoms in total. The third kappa shape index (κ3) is 2.46. The minimum atomic E-state index is 0.499. The molecule has 0 saturated heterocycles. The fourth-order valence-corrected chi connectivity index (χ4v) is 2.96. The van der Waals surface area contributed by atoms with Crippen LogP contribution in [0.2, 0.25) is 0 Å². The van der Waals surface area contributed by atoms with Crippen molar-refractivity contribution in [2.45, 2.75) is 46.2 Å². The maximum atomic E-state index is 4.34. The molecule has 0 aliphatic heterocycles. The molecule has 90 valence electrons. The van der Waals surface area contributed by atoms with Gasteiger partial charge in [-0.25, -0.2) is 4.98 Å². The highest BCUT2D eigenvalue weighted by molar-refractivity contribution is 4.95.